The minimum Gasteiger partial charge on any atom is -0.353 e. The summed E-state index contributed by atoms with van der Waals surface area (Å²) in [5.74, 6) is 1.08. The van der Waals surface area contributed by atoms with Crippen LogP contribution in [-0.2, 0) is 11.2 Å². The summed E-state index contributed by atoms with van der Waals surface area (Å²) < 4.78 is 0. The summed E-state index contributed by atoms with van der Waals surface area (Å²) in [7, 11) is 0. The predicted molar refractivity (Wildman–Crippen MR) is 104 cm³/mol. The fourth-order valence-corrected chi connectivity index (χ4v) is 3.53. The third-order valence-corrected chi connectivity index (χ3v) is 5.02. The molecule has 2 N–H and O–H groups in total. The molecule has 0 unspecified atom stereocenters. The van der Waals surface area contributed by atoms with Crippen molar-refractivity contribution < 1.29 is 4.79 Å². The van der Waals surface area contributed by atoms with Gasteiger partial charge in [0.15, 0.2) is 0 Å². The number of nitrogens with zero attached hydrogens (tertiary/aromatic N) is 2. The lowest BCUT2D eigenvalue weighted by Crippen LogP contribution is -2.45. The van der Waals surface area contributed by atoms with Crippen LogP contribution in [0.5, 0.6) is 0 Å². The molecule has 0 aliphatic carbocycles. The largest absolute Gasteiger partial charge is 0.353 e. The Morgan fingerprint density at radius 3 is 2.58 bits per heavy atom. The van der Waals surface area contributed by atoms with E-state index in [0.717, 1.165) is 49.3 Å². The van der Waals surface area contributed by atoms with E-state index in [1.165, 1.54) is 5.56 Å². The molecule has 134 valence electrons. The second-order valence-corrected chi connectivity index (χ2v) is 6.89. The molecule has 2 aromatic carbocycles. The quantitative estimate of drug-likeness (QED) is 0.744. The smallest absolute Gasteiger partial charge is 0.220 e. The van der Waals surface area contributed by atoms with Crippen molar-refractivity contribution in [3.05, 3.63) is 60.2 Å². The molecule has 4 rings (SSSR count). The molecule has 3 aromatic rings. The molecule has 1 saturated heterocycles. The number of carbonyl (C=O) groups excluding carboxylic acids is 1. The van der Waals surface area contributed by atoms with E-state index in [0.29, 0.717) is 6.42 Å². The standard InChI is InChI=1S/C21H24N4O/c26-20(11-10-16-6-2-1-3-7-16)22-17-12-14-25(15-13-17)21-23-18-8-4-5-9-19(18)24-21/h1-9,17H,10-15H2,(H,22,26)(H,23,24). The number of fused-ring (bicyclic) bond motifs is 1. The van der Waals surface area contributed by atoms with Crippen LogP contribution in [0.2, 0.25) is 0 Å². The van der Waals surface area contributed by atoms with E-state index >= 15 is 0 Å². The predicted octanol–water partition coefficient (Wildman–Crippen LogP) is 3.28. The van der Waals surface area contributed by atoms with Gasteiger partial charge in [0.05, 0.1) is 11.0 Å². The molecule has 0 spiro atoms. The number of H-pyrrole nitrogens is 1. The molecule has 5 nitrogen and oxygen atoms in total. The van der Waals surface area contributed by atoms with Crippen molar-refractivity contribution in [3.8, 4) is 0 Å². The molecule has 2 heterocycles. The van der Waals surface area contributed by atoms with Crippen LogP contribution in [0.3, 0.4) is 0 Å². The lowest BCUT2D eigenvalue weighted by molar-refractivity contribution is -0.121. The first-order valence-electron chi connectivity index (χ1n) is 9.31. The maximum absolute atomic E-state index is 12.2. The van der Waals surface area contributed by atoms with Gasteiger partial charge in [0.2, 0.25) is 11.9 Å². The van der Waals surface area contributed by atoms with Crippen LogP contribution in [0.1, 0.15) is 24.8 Å². The average molecular weight is 348 g/mol. The number of aromatic amines is 1. The minimum atomic E-state index is 0.149. The van der Waals surface area contributed by atoms with E-state index in [1.54, 1.807) is 0 Å². The number of anilines is 1. The van der Waals surface area contributed by atoms with E-state index in [2.05, 4.69) is 32.3 Å². The highest BCUT2D eigenvalue weighted by Crippen LogP contribution is 2.21. The number of nitrogens with one attached hydrogen (secondary N) is 2. The van der Waals surface area contributed by atoms with Gasteiger partial charge in [-0.3, -0.25) is 4.79 Å². The number of piperidine rings is 1. The third kappa shape index (κ3) is 3.87. The zero-order valence-corrected chi connectivity index (χ0v) is 14.8. The summed E-state index contributed by atoms with van der Waals surface area (Å²) in [6.07, 6.45) is 3.25. The topological polar surface area (TPSA) is 61.0 Å². The normalized spacial score (nSPS) is 15.3. The number of benzene rings is 2. The number of para-hydroxylation sites is 2. The van der Waals surface area contributed by atoms with Gasteiger partial charge < -0.3 is 15.2 Å². The highest BCUT2D eigenvalue weighted by Gasteiger charge is 2.22. The fourth-order valence-electron chi connectivity index (χ4n) is 3.53. The number of amides is 1. The van der Waals surface area contributed by atoms with Crippen LogP contribution in [-0.4, -0.2) is 35.0 Å². The number of aromatic nitrogens is 2. The number of carbonyl (C=O) groups is 1. The summed E-state index contributed by atoms with van der Waals surface area (Å²) in [6, 6.07) is 18.5. The molecular weight excluding hydrogens is 324 g/mol. The van der Waals surface area contributed by atoms with E-state index in [9.17, 15) is 4.79 Å². The summed E-state index contributed by atoms with van der Waals surface area (Å²) >= 11 is 0. The van der Waals surface area contributed by atoms with Crippen LogP contribution in [0, 0.1) is 0 Å². The number of hydrogen-bond acceptors (Lipinski definition) is 3. The molecule has 1 aliphatic rings. The maximum Gasteiger partial charge on any atom is 0.220 e. The molecule has 5 heteroatoms. The first-order chi connectivity index (χ1) is 12.8. The van der Waals surface area contributed by atoms with E-state index in [1.807, 2.05) is 42.5 Å². The van der Waals surface area contributed by atoms with Gasteiger partial charge in [-0.05, 0) is 37.0 Å². The SMILES string of the molecule is O=C(CCc1ccccc1)NC1CCN(c2nc3ccccc3[nH]2)CC1. The number of imidazole rings is 1. The van der Waals surface area contributed by atoms with Crippen molar-refractivity contribution in [2.24, 2.45) is 0 Å². The van der Waals surface area contributed by atoms with Crippen LogP contribution in [0.15, 0.2) is 54.6 Å². The molecule has 0 atom stereocenters. The monoisotopic (exact) mass is 348 g/mol. The van der Waals surface area contributed by atoms with E-state index in [-0.39, 0.29) is 11.9 Å². The molecule has 1 fully saturated rings. The Bertz CT molecular complexity index is 833. The van der Waals surface area contributed by atoms with Crippen LogP contribution in [0.25, 0.3) is 11.0 Å². The highest BCUT2D eigenvalue weighted by molar-refractivity contribution is 5.78. The number of hydrogen-bond donors (Lipinski definition) is 2. The van der Waals surface area contributed by atoms with Crippen molar-refractivity contribution in [2.75, 3.05) is 18.0 Å². The van der Waals surface area contributed by atoms with Crippen LogP contribution >= 0.6 is 0 Å². The molecule has 0 radical (unpaired) electrons. The van der Waals surface area contributed by atoms with Crippen molar-refractivity contribution in [1.82, 2.24) is 15.3 Å². The molecule has 26 heavy (non-hydrogen) atoms. The molecule has 1 aromatic heterocycles. The number of rotatable bonds is 5. The van der Waals surface area contributed by atoms with Gasteiger partial charge in [0.25, 0.3) is 0 Å². The van der Waals surface area contributed by atoms with Crippen molar-refractivity contribution in [2.45, 2.75) is 31.7 Å². The molecule has 0 bridgehead atoms. The first-order valence-corrected chi connectivity index (χ1v) is 9.31. The molecule has 1 amide bonds. The van der Waals surface area contributed by atoms with Crippen molar-refractivity contribution >= 4 is 22.9 Å². The Balaban J connectivity index is 1.26. The summed E-state index contributed by atoms with van der Waals surface area (Å²) in [5, 5.41) is 3.19. The zero-order chi connectivity index (χ0) is 17.8. The van der Waals surface area contributed by atoms with Gasteiger partial charge in [-0.15, -0.1) is 0 Å². The molecule has 1 aliphatic heterocycles. The summed E-state index contributed by atoms with van der Waals surface area (Å²) in [5.41, 5.74) is 3.28. The third-order valence-electron chi connectivity index (χ3n) is 5.02. The van der Waals surface area contributed by atoms with Crippen molar-refractivity contribution in [1.29, 1.82) is 0 Å². The van der Waals surface area contributed by atoms with Crippen LogP contribution < -0.4 is 10.2 Å². The maximum atomic E-state index is 12.2. The Morgan fingerprint density at radius 2 is 1.81 bits per heavy atom. The van der Waals surface area contributed by atoms with Gasteiger partial charge in [0.1, 0.15) is 0 Å². The van der Waals surface area contributed by atoms with Gasteiger partial charge in [-0.25, -0.2) is 4.98 Å². The van der Waals surface area contributed by atoms with E-state index in [4.69, 9.17) is 0 Å². The second-order valence-electron chi connectivity index (χ2n) is 6.89. The first kappa shape index (κ1) is 16.6. The van der Waals surface area contributed by atoms with E-state index < -0.39 is 0 Å². The number of aryl methyl sites for hydroxylation is 1. The van der Waals surface area contributed by atoms with Crippen molar-refractivity contribution in [3.63, 3.8) is 0 Å². The Hall–Kier alpha value is -2.82. The average Bonchev–Trinajstić information content (AvgIpc) is 3.12. The van der Waals surface area contributed by atoms with Gasteiger partial charge in [-0.2, -0.15) is 0 Å². The summed E-state index contributed by atoms with van der Waals surface area (Å²) in [4.78, 5) is 22.5. The second kappa shape index (κ2) is 7.60. The highest BCUT2D eigenvalue weighted by atomic mass is 16.1. The summed E-state index contributed by atoms with van der Waals surface area (Å²) in [6.45, 7) is 1.81. The van der Waals surface area contributed by atoms with Crippen LogP contribution in [0.4, 0.5) is 5.95 Å². The molecular formula is C21H24N4O. The fraction of sp³-hybridized carbons (Fsp3) is 0.333. The van der Waals surface area contributed by atoms with Gasteiger partial charge in [-0.1, -0.05) is 42.5 Å². The minimum absolute atomic E-state index is 0.149. The lowest BCUT2D eigenvalue weighted by Gasteiger charge is -2.32. The zero-order valence-electron chi connectivity index (χ0n) is 14.8. The molecule has 0 saturated carbocycles. The Labute approximate surface area is 153 Å². The Morgan fingerprint density at radius 1 is 1.08 bits per heavy atom. The lowest BCUT2D eigenvalue weighted by atomic mass is 10.0. The Kier molecular flexibility index (Phi) is 4.86. The van der Waals surface area contributed by atoms with Gasteiger partial charge in [0, 0.05) is 25.6 Å². The van der Waals surface area contributed by atoms with Gasteiger partial charge >= 0.3 is 0 Å².